The second kappa shape index (κ2) is 7.74. The maximum Gasteiger partial charge on any atom is 0.400 e. The molecule has 1 aliphatic heterocycles. The fourth-order valence-electron chi connectivity index (χ4n) is 3.71. The van der Waals surface area contributed by atoms with Crippen LogP contribution in [0.1, 0.15) is 56.1 Å². The van der Waals surface area contributed by atoms with Crippen LogP contribution in [0, 0.1) is 12.8 Å². The molecule has 24 heavy (non-hydrogen) atoms. The van der Waals surface area contributed by atoms with E-state index < -0.39 is 17.9 Å². The van der Waals surface area contributed by atoms with Crippen molar-refractivity contribution in [3.05, 3.63) is 41.8 Å². The Balaban J connectivity index is 0.00000208. The smallest absolute Gasteiger partial charge is 0.400 e. The van der Waals surface area contributed by atoms with Gasteiger partial charge in [0.25, 0.3) is 0 Å². The minimum absolute atomic E-state index is 0. The summed E-state index contributed by atoms with van der Waals surface area (Å²) in [5.41, 5.74) is 2.22. The zero-order chi connectivity index (χ0) is 16.6. The molecule has 3 rings (SSSR count). The number of fused-ring (bicyclic) bond motifs is 3. The number of alkyl halides is 2. The second-order valence-corrected chi connectivity index (χ2v) is 6.66. The number of hydrogen-bond donors (Lipinski definition) is 1. The minimum atomic E-state index is -3.21. The molecule has 1 aliphatic carbocycles. The van der Waals surface area contributed by atoms with E-state index in [2.05, 4.69) is 13.8 Å². The van der Waals surface area contributed by atoms with Gasteiger partial charge in [-0.1, -0.05) is 32.6 Å². The number of halogens is 2. The van der Waals surface area contributed by atoms with E-state index in [1.807, 2.05) is 0 Å². The van der Waals surface area contributed by atoms with E-state index in [0.29, 0.717) is 12.0 Å². The first kappa shape index (κ1) is 19.7. The molecule has 0 aromatic heterocycles. The number of phenolic OH excluding ortho intramolecular Hbond substituents is 1. The van der Waals surface area contributed by atoms with Crippen LogP contribution in [0.15, 0.2) is 23.8 Å². The van der Waals surface area contributed by atoms with Crippen LogP contribution in [-0.2, 0) is 39.1 Å². The van der Waals surface area contributed by atoms with E-state index in [0.717, 1.165) is 36.8 Å². The third-order valence-corrected chi connectivity index (χ3v) is 4.93. The largest absolute Gasteiger partial charge is 0.508 e. The van der Waals surface area contributed by atoms with Crippen molar-refractivity contribution in [2.24, 2.45) is 5.92 Å². The van der Waals surface area contributed by atoms with E-state index in [1.54, 1.807) is 18.2 Å². The summed E-state index contributed by atoms with van der Waals surface area (Å²) in [6.07, 6.45) is 3.13. The van der Waals surface area contributed by atoms with Gasteiger partial charge in [0.15, 0.2) is 0 Å². The number of aryl methyl sites for hydroxylation is 1. The monoisotopic (exact) mass is 410 g/mol. The number of hydrogen-bond acceptors (Lipinski definition) is 2. The quantitative estimate of drug-likeness (QED) is 0.535. The van der Waals surface area contributed by atoms with E-state index in [1.165, 1.54) is 0 Å². The van der Waals surface area contributed by atoms with Crippen LogP contribution >= 0.6 is 0 Å². The molecule has 5 heteroatoms. The fourth-order valence-corrected chi connectivity index (χ4v) is 3.71. The molecule has 1 aromatic rings. The molecule has 1 aromatic carbocycles. The van der Waals surface area contributed by atoms with E-state index in [4.69, 9.17) is 4.74 Å². The third-order valence-electron chi connectivity index (χ3n) is 4.93. The normalized spacial score (nSPS) is 24.0. The van der Waals surface area contributed by atoms with Gasteiger partial charge in [-0.2, -0.15) is 8.78 Å². The summed E-state index contributed by atoms with van der Waals surface area (Å²) in [7, 11) is 0. The van der Waals surface area contributed by atoms with Crippen molar-refractivity contribution >= 4 is 0 Å². The standard InChI is InChI=1S/C19H23F2O2.Y/c1-3-4-5-6-13-10-16(22)18-14-9-12(2)7-8-15(14)19(20,21)23-17(18)11-13;/h7,10-11,14-15,22H,2-6,8-9H2,1H3;/q-1;. The number of benzene rings is 1. The van der Waals surface area contributed by atoms with Crippen molar-refractivity contribution in [3.63, 3.8) is 0 Å². The van der Waals surface area contributed by atoms with Gasteiger partial charge < -0.3 is 9.84 Å². The average molecular weight is 410 g/mol. The molecule has 1 N–H and O–H groups in total. The predicted molar refractivity (Wildman–Crippen MR) is 85.8 cm³/mol. The van der Waals surface area contributed by atoms with Crippen molar-refractivity contribution in [2.45, 2.75) is 57.5 Å². The summed E-state index contributed by atoms with van der Waals surface area (Å²) in [6.45, 7) is 6.01. The van der Waals surface area contributed by atoms with Gasteiger partial charge in [-0.3, -0.25) is 0 Å². The average Bonchev–Trinajstić information content (AvgIpc) is 2.46. The van der Waals surface area contributed by atoms with Crippen molar-refractivity contribution in [2.75, 3.05) is 0 Å². The molecule has 129 valence electrons. The van der Waals surface area contributed by atoms with Crippen LogP contribution in [0.2, 0.25) is 0 Å². The van der Waals surface area contributed by atoms with Gasteiger partial charge in [-0.05, 0) is 30.5 Å². The molecule has 2 nitrogen and oxygen atoms in total. The molecule has 2 atom stereocenters. The molecule has 0 amide bonds. The Morgan fingerprint density at radius 3 is 2.79 bits per heavy atom. The SMILES string of the molecule is [CH2-]C1=CCC2C(C1)c1c(O)cc(CCCCC)cc1OC2(F)F.[Y]. The van der Waals surface area contributed by atoms with Crippen molar-refractivity contribution in [3.8, 4) is 11.5 Å². The molecular weight excluding hydrogens is 387 g/mol. The number of phenols is 1. The summed E-state index contributed by atoms with van der Waals surface area (Å²) < 4.78 is 33.7. The molecule has 1 heterocycles. The Morgan fingerprint density at radius 1 is 1.33 bits per heavy atom. The van der Waals surface area contributed by atoms with Crippen molar-refractivity contribution < 1.29 is 51.3 Å². The zero-order valence-electron chi connectivity index (χ0n) is 14.0. The molecule has 0 saturated heterocycles. The Labute approximate surface area is 167 Å². The Morgan fingerprint density at radius 2 is 2.08 bits per heavy atom. The molecule has 0 saturated carbocycles. The van der Waals surface area contributed by atoms with Crippen molar-refractivity contribution in [1.82, 2.24) is 0 Å². The predicted octanol–water partition coefficient (Wildman–Crippen LogP) is 5.36. The van der Waals surface area contributed by atoms with Gasteiger partial charge in [0.2, 0.25) is 0 Å². The van der Waals surface area contributed by atoms with Crippen LogP contribution in [0.25, 0.3) is 0 Å². The Hall–Kier alpha value is -0.606. The van der Waals surface area contributed by atoms with Gasteiger partial charge in [-0.25, -0.2) is 18.6 Å². The topological polar surface area (TPSA) is 29.5 Å². The maximum absolute atomic E-state index is 14.4. The van der Waals surface area contributed by atoms with Gasteiger partial charge >= 0.3 is 6.11 Å². The van der Waals surface area contributed by atoms with Crippen LogP contribution < -0.4 is 4.74 Å². The van der Waals surface area contributed by atoms with E-state index in [9.17, 15) is 13.9 Å². The fraction of sp³-hybridized carbons (Fsp3) is 0.526. The second-order valence-electron chi connectivity index (χ2n) is 6.66. The molecule has 2 aliphatic rings. The summed E-state index contributed by atoms with van der Waals surface area (Å²) in [5, 5.41) is 10.4. The molecular formula is C19H23F2O2Y-. The maximum atomic E-state index is 14.4. The Kier molecular flexibility index (Phi) is 6.36. The van der Waals surface area contributed by atoms with Crippen LogP contribution in [0.3, 0.4) is 0 Å². The van der Waals surface area contributed by atoms with Gasteiger partial charge in [-0.15, -0.1) is 0 Å². The van der Waals surface area contributed by atoms with E-state index >= 15 is 0 Å². The van der Waals surface area contributed by atoms with Crippen molar-refractivity contribution in [1.29, 1.82) is 0 Å². The number of allylic oxidation sites excluding steroid dienone is 2. The van der Waals surface area contributed by atoms with Crippen LogP contribution in [0.5, 0.6) is 11.5 Å². The Bertz CT molecular complexity index is 628. The number of ether oxygens (including phenoxy) is 1. The first-order valence-corrected chi connectivity index (χ1v) is 8.36. The molecule has 0 bridgehead atoms. The number of unbranched alkanes of at least 4 members (excludes halogenated alkanes) is 2. The summed E-state index contributed by atoms with van der Waals surface area (Å²) in [5.74, 6) is -1.15. The van der Waals surface area contributed by atoms with Gasteiger partial charge in [0.1, 0.15) is 11.5 Å². The first-order valence-electron chi connectivity index (χ1n) is 8.36. The molecule has 0 fully saturated rings. The third kappa shape index (κ3) is 3.80. The molecule has 0 spiro atoms. The van der Waals surface area contributed by atoms with E-state index in [-0.39, 0.29) is 50.6 Å². The molecule has 2 unspecified atom stereocenters. The van der Waals surface area contributed by atoms with Crippen LogP contribution in [-0.4, -0.2) is 11.2 Å². The molecule has 1 radical (unpaired) electrons. The zero-order valence-corrected chi connectivity index (χ0v) is 16.9. The van der Waals surface area contributed by atoms with Gasteiger partial charge in [0.05, 0.1) is 5.92 Å². The minimum Gasteiger partial charge on any atom is -0.508 e. The summed E-state index contributed by atoms with van der Waals surface area (Å²) in [4.78, 5) is 0. The summed E-state index contributed by atoms with van der Waals surface area (Å²) in [6, 6.07) is 3.38. The van der Waals surface area contributed by atoms with Gasteiger partial charge in [0, 0.05) is 44.2 Å². The summed E-state index contributed by atoms with van der Waals surface area (Å²) >= 11 is 0. The first-order chi connectivity index (χ1) is 10.9. The number of rotatable bonds is 4. The number of aromatic hydroxyl groups is 1. The van der Waals surface area contributed by atoms with Crippen LogP contribution in [0.4, 0.5) is 8.78 Å².